The van der Waals surface area contributed by atoms with Crippen molar-refractivity contribution < 1.29 is 17.6 Å². The fourth-order valence-electron chi connectivity index (χ4n) is 1.84. The van der Waals surface area contributed by atoms with Crippen molar-refractivity contribution in [3.63, 3.8) is 0 Å². The van der Waals surface area contributed by atoms with Crippen LogP contribution in [0.1, 0.15) is 36.4 Å². The summed E-state index contributed by atoms with van der Waals surface area (Å²) < 4.78 is 50.6. The molecule has 6 heteroatoms. The normalized spacial score (nSPS) is 17.2. The largest absolute Gasteiger partial charge is 0.416 e. The molecule has 102 valence electrons. The van der Waals surface area contributed by atoms with Gasteiger partial charge in [-0.25, -0.2) is 4.39 Å². The number of nitrogens with two attached hydrogens (primary N) is 1. The molecule has 0 bridgehead atoms. The Morgan fingerprint density at radius 1 is 1.22 bits per heavy atom. The minimum atomic E-state index is -4.53. The van der Waals surface area contributed by atoms with Crippen molar-refractivity contribution >= 4 is 12.4 Å². The van der Waals surface area contributed by atoms with Crippen LogP contribution in [-0.2, 0) is 6.18 Å². The molecule has 1 aliphatic carbocycles. The van der Waals surface area contributed by atoms with Crippen LogP contribution in [0.25, 0.3) is 0 Å². The lowest BCUT2D eigenvalue weighted by Crippen LogP contribution is -2.14. The highest BCUT2D eigenvalue weighted by Gasteiger charge is 2.32. The molecule has 0 heterocycles. The van der Waals surface area contributed by atoms with Gasteiger partial charge in [-0.3, -0.25) is 0 Å². The van der Waals surface area contributed by atoms with Crippen LogP contribution in [0.15, 0.2) is 18.2 Å². The first-order valence-electron chi connectivity index (χ1n) is 5.49. The maximum absolute atomic E-state index is 13.1. The second-order valence-electron chi connectivity index (χ2n) is 4.56. The Balaban J connectivity index is 0.00000162. The molecule has 0 aromatic heterocycles. The maximum atomic E-state index is 13.1. The SMILES string of the molecule is Cl.N[C@H](CC1CC1)c1cc(F)cc(C(F)(F)F)c1. The van der Waals surface area contributed by atoms with Gasteiger partial charge >= 0.3 is 6.18 Å². The van der Waals surface area contributed by atoms with Gasteiger partial charge in [0.05, 0.1) is 5.56 Å². The van der Waals surface area contributed by atoms with Crippen LogP contribution in [0.2, 0.25) is 0 Å². The first-order chi connectivity index (χ1) is 7.86. The van der Waals surface area contributed by atoms with Gasteiger partial charge in [0.1, 0.15) is 5.82 Å². The molecule has 1 fully saturated rings. The number of hydrogen-bond donors (Lipinski definition) is 1. The Bertz CT molecular complexity index is 415. The standard InChI is InChI=1S/C12H13F4N.ClH/c13-10-5-8(11(17)3-7-1-2-7)4-9(6-10)12(14,15)16;/h4-7,11H,1-3,17H2;1H/t11-;/m1./s1. The molecule has 0 spiro atoms. The lowest BCUT2D eigenvalue weighted by molar-refractivity contribution is -0.137. The van der Waals surface area contributed by atoms with E-state index in [9.17, 15) is 17.6 Å². The zero-order valence-electron chi connectivity index (χ0n) is 9.51. The monoisotopic (exact) mass is 283 g/mol. The number of benzene rings is 1. The van der Waals surface area contributed by atoms with Gasteiger partial charge in [-0.15, -0.1) is 12.4 Å². The van der Waals surface area contributed by atoms with Gasteiger partial charge in [0, 0.05) is 6.04 Å². The molecule has 0 radical (unpaired) electrons. The summed E-state index contributed by atoms with van der Waals surface area (Å²) in [5.74, 6) is -0.399. The summed E-state index contributed by atoms with van der Waals surface area (Å²) in [6.45, 7) is 0. The van der Waals surface area contributed by atoms with Crippen LogP contribution in [0.5, 0.6) is 0 Å². The third-order valence-corrected chi connectivity index (χ3v) is 2.96. The molecule has 2 N–H and O–H groups in total. The van der Waals surface area contributed by atoms with Crippen LogP contribution in [0.4, 0.5) is 17.6 Å². The van der Waals surface area contributed by atoms with Gasteiger partial charge in [-0.1, -0.05) is 12.8 Å². The molecule has 1 saturated carbocycles. The Morgan fingerprint density at radius 2 is 1.83 bits per heavy atom. The summed E-state index contributed by atoms with van der Waals surface area (Å²) in [7, 11) is 0. The van der Waals surface area contributed by atoms with Crippen molar-refractivity contribution in [1.82, 2.24) is 0 Å². The van der Waals surface area contributed by atoms with Gasteiger partial charge in [0.2, 0.25) is 0 Å². The minimum Gasteiger partial charge on any atom is -0.324 e. The average Bonchev–Trinajstić information content (AvgIpc) is 2.99. The van der Waals surface area contributed by atoms with E-state index in [1.54, 1.807) is 0 Å². The van der Waals surface area contributed by atoms with Crippen molar-refractivity contribution in [3.8, 4) is 0 Å². The van der Waals surface area contributed by atoms with Crippen LogP contribution < -0.4 is 5.73 Å². The number of halogens is 5. The smallest absolute Gasteiger partial charge is 0.324 e. The summed E-state index contributed by atoms with van der Waals surface area (Å²) in [6.07, 6.45) is -1.78. The van der Waals surface area contributed by atoms with E-state index in [1.165, 1.54) is 0 Å². The number of rotatable bonds is 3. The quantitative estimate of drug-likeness (QED) is 0.832. The summed E-state index contributed by atoms with van der Waals surface area (Å²) in [4.78, 5) is 0. The fraction of sp³-hybridized carbons (Fsp3) is 0.500. The van der Waals surface area contributed by atoms with E-state index in [4.69, 9.17) is 5.73 Å². The number of hydrogen-bond acceptors (Lipinski definition) is 1. The van der Waals surface area contributed by atoms with Crippen LogP contribution in [-0.4, -0.2) is 0 Å². The first kappa shape index (κ1) is 15.2. The van der Waals surface area contributed by atoms with Crippen molar-refractivity contribution in [2.45, 2.75) is 31.5 Å². The third-order valence-electron chi connectivity index (χ3n) is 2.96. The van der Waals surface area contributed by atoms with Gasteiger partial charge in [-0.2, -0.15) is 13.2 Å². The predicted molar refractivity (Wildman–Crippen MR) is 62.9 cm³/mol. The Labute approximate surface area is 109 Å². The Hall–Kier alpha value is -0.810. The Morgan fingerprint density at radius 3 is 2.33 bits per heavy atom. The van der Waals surface area contributed by atoms with E-state index in [-0.39, 0.29) is 18.0 Å². The van der Waals surface area contributed by atoms with E-state index in [0.717, 1.165) is 25.0 Å². The molecule has 0 aliphatic heterocycles. The molecular formula is C12H14ClF4N. The molecule has 1 aromatic carbocycles. The van der Waals surface area contributed by atoms with Gasteiger partial charge in [-0.05, 0) is 36.1 Å². The molecule has 1 atom stereocenters. The highest BCUT2D eigenvalue weighted by Crippen LogP contribution is 2.38. The molecule has 1 aromatic rings. The maximum Gasteiger partial charge on any atom is 0.416 e. The molecule has 18 heavy (non-hydrogen) atoms. The summed E-state index contributed by atoms with van der Waals surface area (Å²) >= 11 is 0. The molecular weight excluding hydrogens is 270 g/mol. The molecule has 0 saturated heterocycles. The highest BCUT2D eigenvalue weighted by molar-refractivity contribution is 5.85. The topological polar surface area (TPSA) is 26.0 Å². The van der Waals surface area contributed by atoms with Crippen molar-refractivity contribution in [2.24, 2.45) is 11.7 Å². The second kappa shape index (κ2) is 5.45. The lowest BCUT2D eigenvalue weighted by Gasteiger charge is -2.14. The number of alkyl halides is 3. The average molecular weight is 284 g/mol. The van der Waals surface area contributed by atoms with Gasteiger partial charge in [0.15, 0.2) is 0 Å². The van der Waals surface area contributed by atoms with E-state index in [0.29, 0.717) is 18.4 Å². The third kappa shape index (κ3) is 3.85. The lowest BCUT2D eigenvalue weighted by atomic mass is 9.99. The van der Waals surface area contributed by atoms with Crippen LogP contribution in [0.3, 0.4) is 0 Å². The van der Waals surface area contributed by atoms with Crippen molar-refractivity contribution in [3.05, 3.63) is 35.1 Å². The summed E-state index contributed by atoms with van der Waals surface area (Å²) in [6, 6.07) is 2.01. The van der Waals surface area contributed by atoms with E-state index in [1.807, 2.05) is 0 Å². The van der Waals surface area contributed by atoms with Gasteiger partial charge < -0.3 is 5.73 Å². The molecule has 2 rings (SSSR count). The molecule has 1 aliphatic rings. The van der Waals surface area contributed by atoms with E-state index < -0.39 is 23.6 Å². The fourth-order valence-corrected chi connectivity index (χ4v) is 1.84. The second-order valence-corrected chi connectivity index (χ2v) is 4.56. The Kier molecular flexibility index (Phi) is 4.61. The first-order valence-corrected chi connectivity index (χ1v) is 5.49. The predicted octanol–water partition coefficient (Wildman–Crippen LogP) is 4.07. The minimum absolute atomic E-state index is 0. The van der Waals surface area contributed by atoms with Crippen molar-refractivity contribution in [1.29, 1.82) is 0 Å². The summed E-state index contributed by atoms with van der Waals surface area (Å²) in [5, 5.41) is 0. The van der Waals surface area contributed by atoms with Crippen LogP contribution in [0, 0.1) is 11.7 Å². The highest BCUT2D eigenvalue weighted by atomic mass is 35.5. The molecule has 0 unspecified atom stereocenters. The molecule has 0 amide bonds. The van der Waals surface area contributed by atoms with Crippen LogP contribution >= 0.6 is 12.4 Å². The summed E-state index contributed by atoms with van der Waals surface area (Å²) in [5.41, 5.74) is 5.04. The van der Waals surface area contributed by atoms with E-state index in [2.05, 4.69) is 0 Å². The van der Waals surface area contributed by atoms with E-state index >= 15 is 0 Å². The zero-order chi connectivity index (χ0) is 12.6. The van der Waals surface area contributed by atoms with Crippen molar-refractivity contribution in [2.75, 3.05) is 0 Å². The van der Waals surface area contributed by atoms with Gasteiger partial charge in [0.25, 0.3) is 0 Å². The molecule has 1 nitrogen and oxygen atoms in total. The zero-order valence-corrected chi connectivity index (χ0v) is 10.3.